The number of anilines is 1. The number of aryl methyl sites for hydroxylation is 1. The zero-order valence-corrected chi connectivity index (χ0v) is 10.3. The van der Waals surface area contributed by atoms with Crippen LogP contribution in [0.1, 0.15) is 19.5 Å². The first-order valence-electron chi connectivity index (χ1n) is 5.93. The molecule has 1 saturated heterocycles. The molecule has 4 heteroatoms. The van der Waals surface area contributed by atoms with Crippen LogP contribution >= 0.6 is 0 Å². The predicted octanol–water partition coefficient (Wildman–Crippen LogP) is 1.12. The van der Waals surface area contributed by atoms with Gasteiger partial charge in [0.1, 0.15) is 5.69 Å². The average molecular weight is 223 g/mol. The fourth-order valence-corrected chi connectivity index (χ4v) is 1.72. The SMILES string of the molecule is CC.Cc1ccc(N2CCNCC2)c(=O)[nH]1. The van der Waals surface area contributed by atoms with E-state index in [9.17, 15) is 4.79 Å². The molecule has 0 unspecified atom stereocenters. The maximum atomic E-state index is 11.6. The third kappa shape index (κ3) is 3.10. The standard InChI is InChI=1S/C10H15N3O.C2H6/c1-8-2-3-9(10(14)12-8)13-6-4-11-5-7-13;1-2/h2-3,11H,4-7H2,1H3,(H,12,14);1-2H3. The highest BCUT2D eigenvalue weighted by atomic mass is 16.1. The number of H-pyrrole nitrogens is 1. The molecular formula is C12H21N3O. The number of hydrogen-bond acceptors (Lipinski definition) is 3. The number of hydrogen-bond donors (Lipinski definition) is 2. The van der Waals surface area contributed by atoms with Gasteiger partial charge in [-0.05, 0) is 19.1 Å². The molecule has 0 spiro atoms. The molecule has 2 heterocycles. The van der Waals surface area contributed by atoms with Crippen molar-refractivity contribution in [2.45, 2.75) is 20.8 Å². The summed E-state index contributed by atoms with van der Waals surface area (Å²) in [6.07, 6.45) is 0. The van der Waals surface area contributed by atoms with Crippen LogP contribution in [-0.4, -0.2) is 31.2 Å². The number of pyridine rings is 1. The molecule has 0 radical (unpaired) electrons. The van der Waals surface area contributed by atoms with Crippen molar-refractivity contribution < 1.29 is 0 Å². The maximum absolute atomic E-state index is 11.6. The fraction of sp³-hybridized carbons (Fsp3) is 0.583. The van der Waals surface area contributed by atoms with Crippen LogP contribution in [-0.2, 0) is 0 Å². The molecule has 2 rings (SSSR count). The second-order valence-electron chi connectivity index (χ2n) is 3.59. The van der Waals surface area contributed by atoms with Gasteiger partial charge in [-0.3, -0.25) is 4.79 Å². The van der Waals surface area contributed by atoms with E-state index in [1.165, 1.54) is 0 Å². The number of aromatic amines is 1. The molecule has 0 atom stereocenters. The van der Waals surface area contributed by atoms with Crippen molar-refractivity contribution in [2.24, 2.45) is 0 Å². The Morgan fingerprint density at radius 3 is 2.38 bits per heavy atom. The summed E-state index contributed by atoms with van der Waals surface area (Å²) in [4.78, 5) is 16.6. The molecule has 90 valence electrons. The van der Waals surface area contributed by atoms with Crippen molar-refractivity contribution in [3.05, 3.63) is 28.2 Å². The lowest BCUT2D eigenvalue weighted by Crippen LogP contribution is -2.45. The van der Waals surface area contributed by atoms with Gasteiger partial charge in [0.2, 0.25) is 0 Å². The van der Waals surface area contributed by atoms with Gasteiger partial charge in [0, 0.05) is 31.9 Å². The molecule has 16 heavy (non-hydrogen) atoms. The second-order valence-corrected chi connectivity index (χ2v) is 3.59. The second kappa shape index (κ2) is 6.33. The molecule has 1 aliphatic rings. The van der Waals surface area contributed by atoms with Crippen molar-refractivity contribution in [2.75, 3.05) is 31.1 Å². The van der Waals surface area contributed by atoms with Crippen LogP contribution in [0, 0.1) is 6.92 Å². The molecule has 1 aromatic rings. The van der Waals surface area contributed by atoms with E-state index in [0.717, 1.165) is 37.6 Å². The highest BCUT2D eigenvalue weighted by Crippen LogP contribution is 2.08. The van der Waals surface area contributed by atoms with E-state index in [4.69, 9.17) is 0 Å². The summed E-state index contributed by atoms with van der Waals surface area (Å²) in [7, 11) is 0. The average Bonchev–Trinajstić information content (AvgIpc) is 2.33. The van der Waals surface area contributed by atoms with Gasteiger partial charge in [-0.15, -0.1) is 0 Å². The summed E-state index contributed by atoms with van der Waals surface area (Å²) in [5, 5.41) is 3.26. The van der Waals surface area contributed by atoms with E-state index >= 15 is 0 Å². The van der Waals surface area contributed by atoms with E-state index in [0.29, 0.717) is 0 Å². The van der Waals surface area contributed by atoms with E-state index in [-0.39, 0.29) is 5.56 Å². The third-order valence-corrected chi connectivity index (χ3v) is 2.49. The number of nitrogens with one attached hydrogen (secondary N) is 2. The van der Waals surface area contributed by atoms with Gasteiger partial charge in [-0.1, -0.05) is 13.8 Å². The van der Waals surface area contributed by atoms with Crippen molar-refractivity contribution in [3.8, 4) is 0 Å². The van der Waals surface area contributed by atoms with Gasteiger partial charge in [0.05, 0.1) is 0 Å². The minimum Gasteiger partial charge on any atom is -0.365 e. The highest BCUT2D eigenvalue weighted by Gasteiger charge is 2.12. The molecule has 1 aromatic heterocycles. The first kappa shape index (κ1) is 12.8. The van der Waals surface area contributed by atoms with E-state index in [1.807, 2.05) is 32.9 Å². The number of aromatic nitrogens is 1. The van der Waals surface area contributed by atoms with Gasteiger partial charge in [-0.25, -0.2) is 0 Å². The molecule has 0 saturated carbocycles. The Bertz CT molecular complexity index is 367. The Labute approximate surface area is 96.7 Å². The monoisotopic (exact) mass is 223 g/mol. The summed E-state index contributed by atoms with van der Waals surface area (Å²) < 4.78 is 0. The third-order valence-electron chi connectivity index (χ3n) is 2.49. The zero-order valence-electron chi connectivity index (χ0n) is 10.3. The molecule has 1 fully saturated rings. The van der Waals surface area contributed by atoms with Gasteiger partial charge in [0.25, 0.3) is 5.56 Å². The van der Waals surface area contributed by atoms with Crippen LogP contribution in [0.25, 0.3) is 0 Å². The largest absolute Gasteiger partial charge is 0.365 e. The van der Waals surface area contributed by atoms with Crippen LogP contribution in [0.5, 0.6) is 0 Å². The molecule has 0 aromatic carbocycles. The van der Waals surface area contributed by atoms with Crippen LogP contribution < -0.4 is 15.8 Å². The van der Waals surface area contributed by atoms with Crippen LogP contribution in [0.2, 0.25) is 0 Å². The van der Waals surface area contributed by atoms with Gasteiger partial charge >= 0.3 is 0 Å². The molecule has 0 bridgehead atoms. The summed E-state index contributed by atoms with van der Waals surface area (Å²) in [6.45, 7) is 9.61. The summed E-state index contributed by atoms with van der Waals surface area (Å²) >= 11 is 0. The molecule has 0 aliphatic carbocycles. The lowest BCUT2D eigenvalue weighted by atomic mass is 10.3. The minimum absolute atomic E-state index is 0.0203. The first-order chi connectivity index (χ1) is 7.77. The smallest absolute Gasteiger partial charge is 0.271 e. The van der Waals surface area contributed by atoms with Gasteiger partial charge in [0.15, 0.2) is 0 Å². The number of piperazine rings is 1. The lowest BCUT2D eigenvalue weighted by molar-refractivity contribution is 0.587. The van der Waals surface area contributed by atoms with E-state index < -0.39 is 0 Å². The Morgan fingerprint density at radius 1 is 1.19 bits per heavy atom. The maximum Gasteiger partial charge on any atom is 0.271 e. The Balaban J connectivity index is 0.000000606. The molecule has 0 amide bonds. The fourth-order valence-electron chi connectivity index (χ4n) is 1.72. The van der Waals surface area contributed by atoms with Crippen molar-refractivity contribution in [1.82, 2.24) is 10.3 Å². The topological polar surface area (TPSA) is 48.1 Å². The van der Waals surface area contributed by atoms with Gasteiger partial charge < -0.3 is 15.2 Å². The minimum atomic E-state index is 0.0203. The van der Waals surface area contributed by atoms with E-state index in [1.54, 1.807) is 0 Å². The highest BCUT2D eigenvalue weighted by molar-refractivity contribution is 5.44. The summed E-state index contributed by atoms with van der Waals surface area (Å²) in [5.41, 5.74) is 1.72. The molecule has 1 aliphatic heterocycles. The van der Waals surface area contributed by atoms with Crippen LogP contribution in [0.3, 0.4) is 0 Å². The van der Waals surface area contributed by atoms with Crippen LogP contribution in [0.4, 0.5) is 5.69 Å². The molecule has 4 nitrogen and oxygen atoms in total. The molecule has 2 N–H and O–H groups in total. The quantitative estimate of drug-likeness (QED) is 0.750. The Kier molecular flexibility index (Phi) is 5.05. The first-order valence-corrected chi connectivity index (χ1v) is 5.93. The molecular weight excluding hydrogens is 202 g/mol. The predicted molar refractivity (Wildman–Crippen MR) is 68.2 cm³/mol. The van der Waals surface area contributed by atoms with Crippen molar-refractivity contribution >= 4 is 5.69 Å². The number of rotatable bonds is 1. The summed E-state index contributed by atoms with van der Waals surface area (Å²) in [6, 6.07) is 3.85. The van der Waals surface area contributed by atoms with Crippen molar-refractivity contribution in [3.63, 3.8) is 0 Å². The summed E-state index contributed by atoms with van der Waals surface area (Å²) in [5.74, 6) is 0. The van der Waals surface area contributed by atoms with Gasteiger partial charge in [-0.2, -0.15) is 0 Å². The van der Waals surface area contributed by atoms with E-state index in [2.05, 4.69) is 15.2 Å². The number of nitrogens with zero attached hydrogens (tertiary/aromatic N) is 1. The Morgan fingerprint density at radius 2 is 1.81 bits per heavy atom. The van der Waals surface area contributed by atoms with Crippen LogP contribution in [0.15, 0.2) is 16.9 Å². The Hall–Kier alpha value is -1.29. The lowest BCUT2D eigenvalue weighted by Gasteiger charge is -2.28. The zero-order chi connectivity index (χ0) is 12.0. The normalized spacial score (nSPS) is 15.3. The van der Waals surface area contributed by atoms with Crippen molar-refractivity contribution in [1.29, 1.82) is 0 Å².